The Bertz CT molecular complexity index is 468. The first-order valence-corrected chi connectivity index (χ1v) is 7.21. The second kappa shape index (κ2) is 8.89. The highest BCUT2D eigenvalue weighted by atomic mass is 16.5. The topological polar surface area (TPSA) is 194 Å². The number of carbonyl (C=O) groups is 3. The molecule has 0 bridgehead atoms. The number of nitrogens with one attached hydrogen (secondary N) is 1. The molecule has 0 aromatic rings. The summed E-state index contributed by atoms with van der Waals surface area (Å²) >= 11 is 0. The minimum Gasteiger partial charge on any atom is -0.481 e. The maximum absolute atomic E-state index is 11.9. The highest BCUT2D eigenvalue weighted by Gasteiger charge is 2.44. The Hall–Kier alpha value is -1.79. The van der Waals surface area contributed by atoms with E-state index in [1.807, 2.05) is 0 Å². The Morgan fingerprint density at radius 3 is 2.08 bits per heavy atom. The third kappa shape index (κ3) is 5.39. The summed E-state index contributed by atoms with van der Waals surface area (Å²) in [4.78, 5) is 33.4. The summed E-state index contributed by atoms with van der Waals surface area (Å²) in [5, 5.41) is 57.7. The van der Waals surface area contributed by atoms with Crippen molar-refractivity contribution in [2.24, 2.45) is 0 Å². The molecule has 0 spiro atoms. The van der Waals surface area contributed by atoms with Gasteiger partial charge in [-0.05, 0) is 6.42 Å². The van der Waals surface area contributed by atoms with E-state index in [-0.39, 0.29) is 6.42 Å². The van der Waals surface area contributed by atoms with Crippen LogP contribution in [0, 0.1) is 0 Å². The highest BCUT2D eigenvalue weighted by Crippen LogP contribution is 2.23. The first kappa shape index (κ1) is 20.3. The molecule has 1 rings (SSSR count). The summed E-state index contributed by atoms with van der Waals surface area (Å²) in [7, 11) is 0. The maximum Gasteiger partial charge on any atom is 0.326 e. The minimum atomic E-state index is -1.64. The molecular formula is C13H21NO10. The Kier molecular flexibility index (Phi) is 7.51. The predicted octanol–water partition coefficient (Wildman–Crippen LogP) is -3.35. The van der Waals surface area contributed by atoms with Crippen molar-refractivity contribution in [1.82, 2.24) is 5.32 Å². The number of carboxylic acid groups (broad SMARTS) is 2. The van der Waals surface area contributed by atoms with Gasteiger partial charge >= 0.3 is 11.9 Å². The monoisotopic (exact) mass is 351 g/mol. The molecule has 1 aliphatic rings. The Balaban J connectivity index is 2.64. The van der Waals surface area contributed by atoms with Crippen LogP contribution in [0.4, 0.5) is 0 Å². The van der Waals surface area contributed by atoms with Gasteiger partial charge < -0.3 is 40.7 Å². The van der Waals surface area contributed by atoms with Gasteiger partial charge in [0.1, 0.15) is 30.5 Å². The number of hydrogen-bond donors (Lipinski definition) is 7. The van der Waals surface area contributed by atoms with Gasteiger partial charge in [0, 0.05) is 6.42 Å². The summed E-state index contributed by atoms with van der Waals surface area (Å²) < 4.78 is 5.13. The van der Waals surface area contributed by atoms with Crippen molar-refractivity contribution in [1.29, 1.82) is 0 Å². The largest absolute Gasteiger partial charge is 0.481 e. The van der Waals surface area contributed by atoms with Gasteiger partial charge in [-0.2, -0.15) is 0 Å². The van der Waals surface area contributed by atoms with Gasteiger partial charge in [0.25, 0.3) is 0 Å². The van der Waals surface area contributed by atoms with Crippen molar-refractivity contribution in [3.05, 3.63) is 0 Å². The van der Waals surface area contributed by atoms with Crippen LogP contribution in [0.3, 0.4) is 0 Å². The quantitative estimate of drug-likeness (QED) is 0.232. The zero-order chi connectivity index (χ0) is 18.4. The second-order valence-corrected chi connectivity index (χ2v) is 5.46. The Morgan fingerprint density at radius 2 is 1.58 bits per heavy atom. The molecule has 1 amide bonds. The molecule has 1 aliphatic heterocycles. The van der Waals surface area contributed by atoms with E-state index in [0.29, 0.717) is 0 Å². The summed E-state index contributed by atoms with van der Waals surface area (Å²) in [6.07, 6.45) is -8.60. The smallest absolute Gasteiger partial charge is 0.326 e. The van der Waals surface area contributed by atoms with Crippen molar-refractivity contribution in [3.63, 3.8) is 0 Å². The van der Waals surface area contributed by atoms with E-state index < -0.39 is 73.9 Å². The van der Waals surface area contributed by atoms with Crippen molar-refractivity contribution in [2.75, 3.05) is 6.61 Å². The summed E-state index contributed by atoms with van der Waals surface area (Å²) in [6.45, 7) is -0.653. The molecule has 24 heavy (non-hydrogen) atoms. The maximum atomic E-state index is 11.9. The zero-order valence-corrected chi connectivity index (χ0v) is 12.6. The number of carbonyl (C=O) groups excluding carboxylic acids is 1. The highest BCUT2D eigenvalue weighted by molar-refractivity contribution is 5.84. The molecular weight excluding hydrogens is 330 g/mol. The van der Waals surface area contributed by atoms with Crippen LogP contribution in [0.2, 0.25) is 0 Å². The Morgan fingerprint density at radius 1 is 1.00 bits per heavy atom. The molecule has 1 fully saturated rings. The number of aliphatic hydroxyl groups excluding tert-OH is 4. The van der Waals surface area contributed by atoms with Crippen molar-refractivity contribution < 1.29 is 49.8 Å². The average molecular weight is 351 g/mol. The number of rotatable bonds is 8. The molecule has 0 aromatic heterocycles. The van der Waals surface area contributed by atoms with Crippen molar-refractivity contribution in [2.45, 2.75) is 55.8 Å². The molecule has 11 nitrogen and oxygen atoms in total. The lowest BCUT2D eigenvalue weighted by atomic mass is 9.93. The molecule has 5 unspecified atom stereocenters. The fourth-order valence-corrected chi connectivity index (χ4v) is 2.31. The number of aliphatic hydroxyl groups is 4. The molecule has 0 aromatic carbocycles. The normalized spacial score (nSPS) is 31.2. The Labute approximate surface area is 136 Å². The van der Waals surface area contributed by atoms with Crippen molar-refractivity contribution >= 4 is 17.8 Å². The predicted molar refractivity (Wildman–Crippen MR) is 74.8 cm³/mol. The van der Waals surface area contributed by atoms with E-state index in [1.165, 1.54) is 0 Å². The van der Waals surface area contributed by atoms with Gasteiger partial charge in [-0.1, -0.05) is 0 Å². The second-order valence-electron chi connectivity index (χ2n) is 5.46. The van der Waals surface area contributed by atoms with E-state index in [0.717, 1.165) is 0 Å². The molecule has 0 radical (unpaired) electrons. The molecule has 0 aliphatic carbocycles. The lowest BCUT2D eigenvalue weighted by Crippen LogP contribution is -2.59. The number of carboxylic acids is 2. The molecule has 138 valence electrons. The zero-order valence-electron chi connectivity index (χ0n) is 12.6. The van der Waals surface area contributed by atoms with Crippen LogP contribution in [0.15, 0.2) is 0 Å². The molecule has 0 saturated carbocycles. The fourth-order valence-electron chi connectivity index (χ4n) is 2.31. The number of amides is 1. The van der Waals surface area contributed by atoms with E-state index >= 15 is 0 Å². The first-order chi connectivity index (χ1) is 11.2. The van der Waals surface area contributed by atoms with Gasteiger partial charge in [0.2, 0.25) is 5.91 Å². The van der Waals surface area contributed by atoms with Crippen LogP contribution in [0.5, 0.6) is 0 Å². The third-order valence-corrected chi connectivity index (χ3v) is 3.66. The van der Waals surface area contributed by atoms with E-state index in [1.54, 1.807) is 0 Å². The third-order valence-electron chi connectivity index (χ3n) is 3.66. The lowest BCUT2D eigenvalue weighted by Gasteiger charge is -2.39. The van der Waals surface area contributed by atoms with Crippen LogP contribution in [-0.4, -0.2) is 91.7 Å². The van der Waals surface area contributed by atoms with Crippen LogP contribution in [0.1, 0.15) is 19.3 Å². The summed E-state index contributed by atoms with van der Waals surface area (Å²) in [5.41, 5.74) is 0. The van der Waals surface area contributed by atoms with Gasteiger partial charge in [-0.25, -0.2) is 4.79 Å². The number of aliphatic carboxylic acids is 2. The van der Waals surface area contributed by atoms with Gasteiger partial charge in [-0.3, -0.25) is 9.59 Å². The number of ether oxygens (including phenoxy) is 1. The summed E-state index contributed by atoms with van der Waals surface area (Å²) in [6, 6.07) is -1.43. The minimum absolute atomic E-state index is 0.328. The first-order valence-electron chi connectivity index (χ1n) is 7.21. The fraction of sp³-hybridized carbons (Fsp3) is 0.769. The van der Waals surface area contributed by atoms with Crippen LogP contribution in [-0.2, 0) is 19.1 Å². The number of hydrogen-bond acceptors (Lipinski definition) is 8. The SMILES string of the molecule is O=C(O)CC[C@@H](NC(=O)CC1OC(CO)C(O)C(O)C1O)C(=O)O. The molecule has 1 heterocycles. The average Bonchev–Trinajstić information content (AvgIpc) is 2.51. The van der Waals surface area contributed by atoms with E-state index in [2.05, 4.69) is 5.32 Å². The standard InChI is InChI=1S/C13H21NO10/c15-4-7-11(20)12(21)10(19)6(24-7)3-8(16)14-5(13(22)23)1-2-9(17)18/h5-7,10-12,15,19-21H,1-4H2,(H,14,16)(H,17,18)(H,22,23)/t5-,6?,7?,10?,11?,12?/m1/s1. The van der Waals surface area contributed by atoms with Gasteiger partial charge in [0.15, 0.2) is 0 Å². The van der Waals surface area contributed by atoms with E-state index in [4.69, 9.17) is 20.1 Å². The van der Waals surface area contributed by atoms with E-state index in [9.17, 15) is 29.7 Å². The van der Waals surface area contributed by atoms with Gasteiger partial charge in [-0.15, -0.1) is 0 Å². The molecule has 6 atom stereocenters. The van der Waals surface area contributed by atoms with Crippen LogP contribution >= 0.6 is 0 Å². The summed E-state index contributed by atoms with van der Waals surface area (Å²) in [5.74, 6) is -3.49. The van der Waals surface area contributed by atoms with Gasteiger partial charge in [0.05, 0.1) is 19.1 Å². The molecule has 11 heteroatoms. The lowest BCUT2D eigenvalue weighted by molar-refractivity contribution is -0.229. The molecule has 1 saturated heterocycles. The van der Waals surface area contributed by atoms with Crippen LogP contribution < -0.4 is 5.32 Å². The molecule has 7 N–H and O–H groups in total. The van der Waals surface area contributed by atoms with Crippen LogP contribution in [0.25, 0.3) is 0 Å². The van der Waals surface area contributed by atoms with Crippen molar-refractivity contribution in [3.8, 4) is 0 Å².